The van der Waals surface area contributed by atoms with Crippen LogP contribution in [-0.2, 0) is 26.2 Å². The second-order valence-electron chi connectivity index (χ2n) is 1.82. The predicted molar refractivity (Wildman–Crippen MR) is 42.3 cm³/mol. The SMILES string of the molecule is [CH2-]CCC.[Cl-].[Cl-].[Cl-].[Zr+4].c1cc[cH-]c1. The molecule has 0 saturated carbocycles. The molecule has 0 bridgehead atoms. The van der Waals surface area contributed by atoms with Crippen LogP contribution in [0.15, 0.2) is 30.3 Å². The number of unbranched alkanes of at least 4 members (excludes halogenated alkanes) is 1. The largest absolute Gasteiger partial charge is 4.00 e. The summed E-state index contributed by atoms with van der Waals surface area (Å²) >= 11 is 0. The van der Waals surface area contributed by atoms with E-state index in [0.29, 0.717) is 0 Å². The number of hydrogen-bond acceptors (Lipinski definition) is 0. The maximum atomic E-state index is 3.60. The van der Waals surface area contributed by atoms with E-state index in [1.165, 1.54) is 6.42 Å². The molecule has 0 aliphatic carbocycles. The zero-order valence-electron chi connectivity index (χ0n) is 7.64. The third-order valence-corrected chi connectivity index (χ3v) is 0.909. The molecule has 76 valence electrons. The summed E-state index contributed by atoms with van der Waals surface area (Å²) in [5, 5.41) is 0. The second kappa shape index (κ2) is 29.2. The third-order valence-electron chi connectivity index (χ3n) is 0.909. The summed E-state index contributed by atoms with van der Waals surface area (Å²) in [6.45, 7) is 5.72. The van der Waals surface area contributed by atoms with Crippen LogP contribution in [0.1, 0.15) is 19.8 Å². The molecule has 13 heavy (non-hydrogen) atoms. The van der Waals surface area contributed by atoms with Gasteiger partial charge in [-0.3, -0.25) is 0 Å². The Hall–Kier alpha value is 1.10. The van der Waals surface area contributed by atoms with Crippen LogP contribution in [0.5, 0.6) is 0 Å². The molecule has 0 atom stereocenters. The van der Waals surface area contributed by atoms with Gasteiger partial charge in [0.1, 0.15) is 0 Å². The molecule has 1 aromatic carbocycles. The van der Waals surface area contributed by atoms with Gasteiger partial charge in [-0.25, -0.2) is 12.1 Å². The van der Waals surface area contributed by atoms with Gasteiger partial charge >= 0.3 is 26.2 Å². The quantitative estimate of drug-likeness (QED) is 0.452. The zero-order valence-corrected chi connectivity index (χ0v) is 12.4. The summed E-state index contributed by atoms with van der Waals surface area (Å²) < 4.78 is 0. The van der Waals surface area contributed by atoms with Crippen LogP contribution < -0.4 is 37.2 Å². The molecule has 0 spiro atoms. The molecule has 0 heterocycles. The first-order chi connectivity index (χ1) is 4.41. The van der Waals surface area contributed by atoms with E-state index in [1.807, 2.05) is 30.3 Å². The van der Waals surface area contributed by atoms with Crippen LogP contribution in [-0.4, -0.2) is 0 Å². The first-order valence-electron chi connectivity index (χ1n) is 3.37. The minimum absolute atomic E-state index is 0. The number of rotatable bonds is 1. The van der Waals surface area contributed by atoms with Crippen molar-refractivity contribution >= 4 is 0 Å². The minimum Gasteiger partial charge on any atom is -1.00 e. The zero-order chi connectivity index (χ0) is 6.95. The van der Waals surface area contributed by atoms with Crippen molar-refractivity contribution in [1.29, 1.82) is 0 Å². The molecule has 0 N–H and O–H groups in total. The fraction of sp³-hybridized carbons (Fsp3) is 0.333. The van der Waals surface area contributed by atoms with Gasteiger partial charge in [0.25, 0.3) is 0 Å². The molecule has 1 aromatic rings. The molecule has 0 unspecified atom stereocenters. The molecule has 0 saturated heterocycles. The Kier molecular flexibility index (Phi) is 65.7. The van der Waals surface area contributed by atoms with Crippen molar-refractivity contribution in [1.82, 2.24) is 0 Å². The van der Waals surface area contributed by atoms with Crippen molar-refractivity contribution in [3.8, 4) is 0 Å². The Morgan fingerprint density at radius 1 is 1.08 bits per heavy atom. The average Bonchev–Trinajstić information content (AvgIpc) is 2.43. The molecule has 4 heteroatoms. The molecule has 1 rings (SSSR count). The number of halogens is 3. The van der Waals surface area contributed by atoms with Crippen LogP contribution in [0.3, 0.4) is 0 Å². The second-order valence-corrected chi connectivity index (χ2v) is 1.82. The fourth-order valence-corrected chi connectivity index (χ4v) is 0.321. The summed E-state index contributed by atoms with van der Waals surface area (Å²) in [4.78, 5) is 0. The Morgan fingerprint density at radius 2 is 1.38 bits per heavy atom. The van der Waals surface area contributed by atoms with Gasteiger partial charge in [0.2, 0.25) is 0 Å². The van der Waals surface area contributed by atoms with Gasteiger partial charge in [-0.1, -0.05) is 13.3 Å². The van der Waals surface area contributed by atoms with Crippen LogP contribution in [0.2, 0.25) is 0 Å². The van der Waals surface area contributed by atoms with Gasteiger partial charge in [-0.15, -0.1) is 0 Å². The van der Waals surface area contributed by atoms with E-state index >= 15 is 0 Å². The smallest absolute Gasteiger partial charge is 1.00 e. The molecular weight excluding hydrogens is 306 g/mol. The molecule has 0 radical (unpaired) electrons. The van der Waals surface area contributed by atoms with Gasteiger partial charge in [0.05, 0.1) is 0 Å². The van der Waals surface area contributed by atoms with Gasteiger partial charge in [-0.05, 0) is 0 Å². The first-order valence-corrected chi connectivity index (χ1v) is 3.37. The topological polar surface area (TPSA) is 0 Å². The van der Waals surface area contributed by atoms with Crippen molar-refractivity contribution in [2.24, 2.45) is 0 Å². The van der Waals surface area contributed by atoms with Crippen molar-refractivity contribution in [2.75, 3.05) is 0 Å². The summed E-state index contributed by atoms with van der Waals surface area (Å²) in [5.41, 5.74) is 0. The monoisotopic (exact) mass is 317 g/mol. The molecule has 0 fully saturated rings. The Labute approximate surface area is 120 Å². The van der Waals surface area contributed by atoms with E-state index in [1.54, 1.807) is 0 Å². The first kappa shape index (κ1) is 29.2. The van der Waals surface area contributed by atoms with Crippen molar-refractivity contribution in [3.63, 3.8) is 0 Å². The number of hydrogen-bond donors (Lipinski definition) is 0. The van der Waals surface area contributed by atoms with E-state index in [9.17, 15) is 0 Å². The van der Waals surface area contributed by atoms with Gasteiger partial charge in [0.15, 0.2) is 0 Å². The van der Waals surface area contributed by atoms with E-state index < -0.39 is 0 Å². The maximum Gasteiger partial charge on any atom is 4.00 e. The maximum absolute atomic E-state index is 3.60. The molecule has 0 aliphatic rings. The minimum atomic E-state index is 0. The van der Waals surface area contributed by atoms with Gasteiger partial charge < -0.3 is 44.1 Å². The van der Waals surface area contributed by atoms with Crippen LogP contribution >= 0.6 is 0 Å². The summed E-state index contributed by atoms with van der Waals surface area (Å²) in [6.07, 6.45) is 2.28. The van der Waals surface area contributed by atoms with E-state index in [2.05, 4.69) is 13.8 Å². The Bertz CT molecular complexity index is 90.4. The summed E-state index contributed by atoms with van der Waals surface area (Å²) in [5.74, 6) is 0. The summed E-state index contributed by atoms with van der Waals surface area (Å²) in [6, 6.07) is 10.0. The molecule has 0 nitrogen and oxygen atoms in total. The average molecular weight is 320 g/mol. The molecule has 0 aromatic heterocycles. The van der Waals surface area contributed by atoms with Crippen molar-refractivity contribution in [3.05, 3.63) is 37.3 Å². The van der Waals surface area contributed by atoms with E-state index in [4.69, 9.17) is 0 Å². The van der Waals surface area contributed by atoms with Crippen LogP contribution in [0, 0.1) is 6.92 Å². The third kappa shape index (κ3) is 32.0. The standard InChI is InChI=1S/C5H5.C4H9.3ClH.Zr/c1-2-4-5-3-1;1-3-4-2;;;;/h1-5H;1,3-4H2,2H3;3*1H;/q2*-1;;;;+4/p-3. The van der Waals surface area contributed by atoms with Crippen LogP contribution in [0.4, 0.5) is 0 Å². The summed E-state index contributed by atoms with van der Waals surface area (Å²) in [7, 11) is 0. The fourth-order valence-electron chi connectivity index (χ4n) is 0.321. The molecule has 0 amide bonds. The molecular formula is C9H14Cl3Zr-. The van der Waals surface area contributed by atoms with Gasteiger partial charge in [-0.2, -0.15) is 24.6 Å². The van der Waals surface area contributed by atoms with E-state index in [-0.39, 0.29) is 63.4 Å². The van der Waals surface area contributed by atoms with E-state index in [0.717, 1.165) is 6.42 Å². The molecule has 0 aliphatic heterocycles. The van der Waals surface area contributed by atoms with Gasteiger partial charge in [0, 0.05) is 0 Å². The Morgan fingerprint density at radius 3 is 1.46 bits per heavy atom. The predicted octanol–water partition coefficient (Wildman–Crippen LogP) is -5.96. The Balaban J connectivity index is -0.0000000256. The van der Waals surface area contributed by atoms with Crippen LogP contribution in [0.25, 0.3) is 0 Å². The van der Waals surface area contributed by atoms with Crippen molar-refractivity contribution in [2.45, 2.75) is 19.8 Å². The normalized spacial score (nSPS) is 5.38. The van der Waals surface area contributed by atoms with Crippen molar-refractivity contribution < 1.29 is 63.4 Å².